The minimum atomic E-state index is 0. The number of nitrogens with zero attached hydrogens (tertiary/aromatic N) is 2. The van der Waals surface area contributed by atoms with Gasteiger partial charge in [0.15, 0.2) is 0 Å². The molecule has 1 amide bonds. The van der Waals surface area contributed by atoms with Gasteiger partial charge in [0.2, 0.25) is 5.91 Å². The largest absolute Gasteiger partial charge is 0.338 e. The van der Waals surface area contributed by atoms with Gasteiger partial charge in [0.05, 0.1) is 0 Å². The minimum absolute atomic E-state index is 0. The fourth-order valence-electron chi connectivity index (χ4n) is 3.64. The molecule has 2 heterocycles. The number of amides is 1. The van der Waals surface area contributed by atoms with Crippen molar-refractivity contribution in [2.24, 2.45) is 5.92 Å². The van der Waals surface area contributed by atoms with Crippen LogP contribution in [-0.2, 0) is 4.79 Å². The summed E-state index contributed by atoms with van der Waals surface area (Å²) < 4.78 is 0. The summed E-state index contributed by atoms with van der Waals surface area (Å²) in [4.78, 5) is 17.4. The van der Waals surface area contributed by atoms with Crippen molar-refractivity contribution in [1.29, 1.82) is 0 Å². The molecule has 2 aliphatic heterocycles. The molecule has 0 saturated carbocycles. The second-order valence-electron chi connectivity index (χ2n) is 7.42. The number of piperidine rings is 1. The van der Waals surface area contributed by atoms with Crippen LogP contribution in [0.3, 0.4) is 0 Å². The summed E-state index contributed by atoms with van der Waals surface area (Å²) >= 11 is 0. The van der Waals surface area contributed by atoms with Gasteiger partial charge in [0, 0.05) is 25.6 Å². The number of carbonyl (C=O) groups excluding carboxylic acids is 1. The molecule has 2 rings (SSSR count). The highest BCUT2D eigenvalue weighted by Gasteiger charge is 2.25. The highest BCUT2D eigenvalue weighted by Crippen LogP contribution is 2.16. The molecule has 136 valence electrons. The van der Waals surface area contributed by atoms with Gasteiger partial charge in [0.1, 0.15) is 0 Å². The third kappa shape index (κ3) is 7.40. The maximum Gasteiger partial charge on any atom is 0.222 e. The van der Waals surface area contributed by atoms with E-state index in [9.17, 15) is 4.79 Å². The lowest BCUT2D eigenvalue weighted by molar-refractivity contribution is -0.134. The van der Waals surface area contributed by atoms with Gasteiger partial charge in [-0.2, -0.15) is 0 Å². The van der Waals surface area contributed by atoms with Gasteiger partial charge >= 0.3 is 0 Å². The van der Waals surface area contributed by atoms with E-state index >= 15 is 0 Å². The van der Waals surface area contributed by atoms with Crippen LogP contribution in [0.5, 0.6) is 0 Å². The van der Waals surface area contributed by atoms with Crippen LogP contribution in [0.25, 0.3) is 0 Å². The fraction of sp³-hybridized carbons (Fsp3) is 0.944. The Morgan fingerprint density at radius 2 is 2.00 bits per heavy atom. The Hall–Kier alpha value is -0.320. The number of halogens is 1. The Kier molecular flexibility index (Phi) is 10.2. The fourth-order valence-corrected chi connectivity index (χ4v) is 3.64. The molecule has 0 aromatic heterocycles. The smallest absolute Gasteiger partial charge is 0.222 e. The Bertz CT molecular complexity index is 326. The Morgan fingerprint density at radius 3 is 2.61 bits per heavy atom. The van der Waals surface area contributed by atoms with Crippen molar-refractivity contribution in [1.82, 2.24) is 15.1 Å². The SMILES string of the molecule is CC(C)CCC(=O)N(CCCN1CCCC1)C1CCCNC1.Cl. The molecule has 23 heavy (non-hydrogen) atoms. The van der Waals surface area contributed by atoms with Gasteiger partial charge in [-0.3, -0.25) is 4.79 Å². The van der Waals surface area contributed by atoms with Crippen LogP contribution in [-0.4, -0.2) is 61.0 Å². The maximum absolute atomic E-state index is 12.7. The van der Waals surface area contributed by atoms with Crippen LogP contribution >= 0.6 is 12.4 Å². The van der Waals surface area contributed by atoms with Crippen LogP contribution in [0.2, 0.25) is 0 Å². The van der Waals surface area contributed by atoms with Gasteiger partial charge in [-0.05, 0) is 70.6 Å². The van der Waals surface area contributed by atoms with E-state index in [1.165, 1.54) is 38.8 Å². The van der Waals surface area contributed by atoms with Gasteiger partial charge in [-0.25, -0.2) is 0 Å². The predicted molar refractivity (Wildman–Crippen MR) is 99.2 cm³/mol. The third-order valence-electron chi connectivity index (χ3n) is 5.04. The second kappa shape index (κ2) is 11.3. The van der Waals surface area contributed by atoms with E-state index in [0.717, 1.165) is 45.4 Å². The highest BCUT2D eigenvalue weighted by atomic mass is 35.5. The van der Waals surface area contributed by atoms with E-state index in [4.69, 9.17) is 0 Å². The molecule has 5 heteroatoms. The molecule has 0 bridgehead atoms. The molecule has 0 aromatic carbocycles. The van der Waals surface area contributed by atoms with E-state index in [1.807, 2.05) is 0 Å². The molecule has 1 unspecified atom stereocenters. The van der Waals surface area contributed by atoms with Crippen LogP contribution < -0.4 is 5.32 Å². The topological polar surface area (TPSA) is 35.6 Å². The lowest BCUT2D eigenvalue weighted by Gasteiger charge is -2.35. The molecular weight excluding hydrogens is 310 g/mol. The van der Waals surface area contributed by atoms with Crippen molar-refractivity contribution in [3.05, 3.63) is 0 Å². The summed E-state index contributed by atoms with van der Waals surface area (Å²) in [5.74, 6) is 0.990. The summed E-state index contributed by atoms with van der Waals surface area (Å²) in [7, 11) is 0. The van der Waals surface area contributed by atoms with Crippen LogP contribution in [0.1, 0.15) is 58.8 Å². The van der Waals surface area contributed by atoms with Crippen LogP contribution in [0.4, 0.5) is 0 Å². The van der Waals surface area contributed by atoms with Crippen LogP contribution in [0.15, 0.2) is 0 Å². The molecule has 1 N–H and O–H groups in total. The molecule has 0 radical (unpaired) electrons. The van der Waals surface area contributed by atoms with Crippen molar-refractivity contribution >= 4 is 18.3 Å². The van der Waals surface area contributed by atoms with E-state index in [1.54, 1.807) is 0 Å². The molecule has 4 nitrogen and oxygen atoms in total. The second-order valence-corrected chi connectivity index (χ2v) is 7.42. The molecule has 2 fully saturated rings. The number of nitrogens with one attached hydrogen (secondary N) is 1. The van der Waals surface area contributed by atoms with E-state index in [0.29, 0.717) is 17.9 Å². The molecular formula is C18H36ClN3O. The lowest BCUT2D eigenvalue weighted by Crippen LogP contribution is -2.49. The first-order chi connectivity index (χ1) is 10.7. The standard InChI is InChI=1S/C18H35N3O.ClH/c1-16(2)8-9-18(22)21(17-7-5-10-19-15-17)14-6-13-20-11-3-4-12-20;/h16-17,19H,3-15H2,1-2H3;1H. The molecule has 0 aliphatic carbocycles. The summed E-state index contributed by atoms with van der Waals surface area (Å²) in [6.45, 7) is 11.1. The first-order valence-electron chi connectivity index (χ1n) is 9.39. The maximum atomic E-state index is 12.7. The average molecular weight is 346 g/mol. The van der Waals surface area contributed by atoms with E-state index in [-0.39, 0.29) is 12.4 Å². The number of hydrogen-bond acceptors (Lipinski definition) is 3. The van der Waals surface area contributed by atoms with Crippen LogP contribution in [0, 0.1) is 5.92 Å². The number of carbonyl (C=O) groups is 1. The first kappa shape index (κ1) is 20.7. The quantitative estimate of drug-likeness (QED) is 0.734. The van der Waals surface area contributed by atoms with Crippen molar-refractivity contribution in [2.45, 2.75) is 64.8 Å². The van der Waals surface area contributed by atoms with Crippen molar-refractivity contribution in [2.75, 3.05) is 39.3 Å². The van der Waals surface area contributed by atoms with Gasteiger partial charge in [0.25, 0.3) is 0 Å². The first-order valence-corrected chi connectivity index (χ1v) is 9.39. The summed E-state index contributed by atoms with van der Waals surface area (Å²) in [6.07, 6.45) is 7.94. The Labute approximate surface area is 148 Å². The number of rotatable bonds is 8. The molecule has 0 aromatic rings. The zero-order valence-electron chi connectivity index (χ0n) is 15.1. The van der Waals surface area contributed by atoms with Crippen molar-refractivity contribution in [3.63, 3.8) is 0 Å². The van der Waals surface area contributed by atoms with Crippen molar-refractivity contribution < 1.29 is 4.79 Å². The minimum Gasteiger partial charge on any atom is -0.338 e. The third-order valence-corrected chi connectivity index (χ3v) is 5.04. The van der Waals surface area contributed by atoms with Crippen molar-refractivity contribution in [3.8, 4) is 0 Å². The summed E-state index contributed by atoms with van der Waals surface area (Å²) in [6, 6.07) is 0.423. The summed E-state index contributed by atoms with van der Waals surface area (Å²) in [5, 5.41) is 3.46. The highest BCUT2D eigenvalue weighted by molar-refractivity contribution is 5.85. The van der Waals surface area contributed by atoms with Gasteiger partial charge < -0.3 is 15.1 Å². The lowest BCUT2D eigenvalue weighted by atomic mass is 10.0. The predicted octanol–water partition coefficient (Wildman–Crippen LogP) is 2.91. The molecule has 2 aliphatic rings. The molecule has 2 saturated heterocycles. The Morgan fingerprint density at radius 1 is 1.26 bits per heavy atom. The normalized spacial score (nSPS) is 22.1. The molecule has 0 spiro atoms. The van der Waals surface area contributed by atoms with E-state index < -0.39 is 0 Å². The van der Waals surface area contributed by atoms with E-state index in [2.05, 4.69) is 29.0 Å². The Balaban J connectivity index is 0.00000264. The van der Waals surface area contributed by atoms with Gasteiger partial charge in [-0.1, -0.05) is 13.8 Å². The summed E-state index contributed by atoms with van der Waals surface area (Å²) in [5.41, 5.74) is 0. The zero-order chi connectivity index (χ0) is 15.8. The molecule has 1 atom stereocenters. The number of likely N-dealkylation sites (tertiary alicyclic amines) is 1. The average Bonchev–Trinajstić information content (AvgIpc) is 3.03. The zero-order valence-corrected chi connectivity index (χ0v) is 15.9. The monoisotopic (exact) mass is 345 g/mol. The van der Waals surface area contributed by atoms with Gasteiger partial charge in [-0.15, -0.1) is 12.4 Å². The number of hydrogen-bond donors (Lipinski definition) is 1.